The fraction of sp³-hybridized carbons (Fsp3) is 0.167. The smallest absolute Gasteiger partial charge is 0.276 e. The van der Waals surface area contributed by atoms with Crippen molar-refractivity contribution in [2.45, 2.75) is 12.5 Å². The molecule has 1 amide bonds. The van der Waals surface area contributed by atoms with Gasteiger partial charge in [-0.1, -0.05) is 53.5 Å². The lowest BCUT2D eigenvalue weighted by molar-refractivity contribution is 0.0711. The third-order valence-electron chi connectivity index (χ3n) is 5.20. The van der Waals surface area contributed by atoms with Gasteiger partial charge in [0.2, 0.25) is 0 Å². The van der Waals surface area contributed by atoms with Crippen LogP contribution in [0, 0.1) is 0 Å². The molecular formula is C24H20Cl2N2O3. The Labute approximate surface area is 190 Å². The van der Waals surface area contributed by atoms with E-state index in [-0.39, 0.29) is 11.9 Å². The number of hydrazone groups is 1. The van der Waals surface area contributed by atoms with Gasteiger partial charge in [-0.15, -0.1) is 0 Å². The molecule has 1 heterocycles. The molecule has 3 aromatic rings. The van der Waals surface area contributed by atoms with Crippen molar-refractivity contribution < 1.29 is 14.3 Å². The molecule has 0 aromatic heterocycles. The molecule has 0 spiro atoms. The highest BCUT2D eigenvalue weighted by Gasteiger charge is 2.35. The quantitative estimate of drug-likeness (QED) is 0.474. The first kappa shape index (κ1) is 21.2. The third kappa shape index (κ3) is 4.11. The lowest BCUT2D eigenvalue weighted by Gasteiger charge is -2.23. The van der Waals surface area contributed by atoms with E-state index in [9.17, 15) is 4.79 Å². The van der Waals surface area contributed by atoms with E-state index in [0.717, 1.165) is 16.8 Å². The van der Waals surface area contributed by atoms with Crippen LogP contribution in [-0.4, -0.2) is 30.8 Å². The van der Waals surface area contributed by atoms with E-state index in [2.05, 4.69) is 0 Å². The molecule has 0 saturated carbocycles. The second-order valence-corrected chi connectivity index (χ2v) is 7.80. The maximum Gasteiger partial charge on any atom is 0.276 e. The molecular weight excluding hydrogens is 435 g/mol. The minimum atomic E-state index is -0.361. The molecule has 1 atom stereocenters. The van der Waals surface area contributed by atoms with Crippen LogP contribution in [0.3, 0.4) is 0 Å². The maximum absolute atomic E-state index is 13.4. The average molecular weight is 455 g/mol. The second-order valence-electron chi connectivity index (χ2n) is 6.99. The van der Waals surface area contributed by atoms with Crippen molar-refractivity contribution in [1.29, 1.82) is 0 Å². The third-order valence-corrected chi connectivity index (χ3v) is 5.88. The molecule has 4 rings (SSSR count). The van der Waals surface area contributed by atoms with Crippen molar-refractivity contribution >= 4 is 34.8 Å². The highest BCUT2D eigenvalue weighted by molar-refractivity contribution is 6.34. The number of halogens is 2. The van der Waals surface area contributed by atoms with Crippen molar-refractivity contribution in [3.8, 4) is 11.5 Å². The fourth-order valence-corrected chi connectivity index (χ4v) is 4.11. The number of benzene rings is 3. The zero-order chi connectivity index (χ0) is 22.0. The predicted molar refractivity (Wildman–Crippen MR) is 123 cm³/mol. The number of methoxy groups -OCH3 is 2. The lowest BCUT2D eigenvalue weighted by Crippen LogP contribution is -2.27. The summed E-state index contributed by atoms with van der Waals surface area (Å²) in [5.41, 5.74) is 2.79. The van der Waals surface area contributed by atoms with Crippen LogP contribution in [0.4, 0.5) is 0 Å². The summed E-state index contributed by atoms with van der Waals surface area (Å²) in [5.74, 6) is 0.926. The van der Waals surface area contributed by atoms with Gasteiger partial charge in [-0.05, 0) is 42.0 Å². The van der Waals surface area contributed by atoms with Crippen molar-refractivity contribution in [2.75, 3.05) is 14.2 Å². The molecule has 1 aliphatic rings. The predicted octanol–water partition coefficient (Wildman–Crippen LogP) is 6.00. The van der Waals surface area contributed by atoms with Crippen molar-refractivity contribution in [2.24, 2.45) is 5.10 Å². The monoisotopic (exact) mass is 454 g/mol. The Morgan fingerprint density at radius 3 is 2.29 bits per heavy atom. The molecule has 3 aromatic carbocycles. The van der Waals surface area contributed by atoms with Gasteiger partial charge in [-0.25, -0.2) is 5.01 Å². The SMILES string of the molecule is COc1ccc(C2=NN(C(=O)c3ccccc3Cl)C(c3ccccc3Cl)C2)cc1OC. The zero-order valence-electron chi connectivity index (χ0n) is 17.0. The Bertz CT molecular complexity index is 1160. The molecule has 0 N–H and O–H groups in total. The van der Waals surface area contributed by atoms with Gasteiger partial charge in [0.1, 0.15) is 0 Å². The molecule has 1 unspecified atom stereocenters. The number of carbonyl (C=O) groups excluding carboxylic acids is 1. The minimum Gasteiger partial charge on any atom is -0.493 e. The Morgan fingerprint density at radius 1 is 0.935 bits per heavy atom. The highest BCUT2D eigenvalue weighted by Crippen LogP contribution is 2.39. The molecule has 0 radical (unpaired) electrons. The first-order chi connectivity index (χ1) is 15.0. The van der Waals surface area contributed by atoms with Crippen LogP contribution in [0.2, 0.25) is 10.0 Å². The number of nitrogens with zero attached hydrogens (tertiary/aromatic N) is 2. The number of carbonyl (C=O) groups is 1. The van der Waals surface area contributed by atoms with Crippen molar-refractivity contribution in [1.82, 2.24) is 5.01 Å². The number of ether oxygens (including phenoxy) is 2. The van der Waals surface area contributed by atoms with E-state index in [1.165, 1.54) is 5.01 Å². The van der Waals surface area contributed by atoms with Gasteiger partial charge in [0, 0.05) is 17.0 Å². The topological polar surface area (TPSA) is 51.1 Å². The summed E-state index contributed by atoms with van der Waals surface area (Å²) in [4.78, 5) is 13.4. The van der Waals surface area contributed by atoms with E-state index >= 15 is 0 Å². The Balaban J connectivity index is 1.78. The number of amides is 1. The van der Waals surface area contributed by atoms with E-state index in [0.29, 0.717) is 33.5 Å². The molecule has 7 heteroatoms. The summed E-state index contributed by atoms with van der Waals surface area (Å²) in [6.07, 6.45) is 0.495. The summed E-state index contributed by atoms with van der Waals surface area (Å²) >= 11 is 12.8. The van der Waals surface area contributed by atoms with Gasteiger partial charge in [0.25, 0.3) is 5.91 Å². The Kier molecular flexibility index (Phi) is 6.16. The summed E-state index contributed by atoms with van der Waals surface area (Å²) in [7, 11) is 3.17. The lowest BCUT2D eigenvalue weighted by atomic mass is 9.97. The van der Waals surface area contributed by atoms with Crippen molar-refractivity contribution in [3.63, 3.8) is 0 Å². The van der Waals surface area contributed by atoms with Crippen LogP contribution < -0.4 is 9.47 Å². The normalized spacial score (nSPS) is 15.5. The van der Waals surface area contributed by atoms with Gasteiger partial charge in [-0.3, -0.25) is 4.79 Å². The molecule has 31 heavy (non-hydrogen) atoms. The average Bonchev–Trinajstić information content (AvgIpc) is 3.24. The zero-order valence-corrected chi connectivity index (χ0v) is 18.5. The molecule has 5 nitrogen and oxygen atoms in total. The molecule has 0 fully saturated rings. The van der Waals surface area contributed by atoms with Crippen LogP contribution in [0.25, 0.3) is 0 Å². The first-order valence-corrected chi connectivity index (χ1v) is 10.4. The summed E-state index contributed by atoms with van der Waals surface area (Å²) in [6.45, 7) is 0. The molecule has 0 aliphatic carbocycles. The van der Waals surface area contributed by atoms with E-state index in [1.54, 1.807) is 38.5 Å². The van der Waals surface area contributed by atoms with Gasteiger partial charge >= 0.3 is 0 Å². The maximum atomic E-state index is 13.4. The van der Waals surface area contributed by atoms with Crippen LogP contribution >= 0.6 is 23.2 Å². The number of hydrogen-bond acceptors (Lipinski definition) is 4. The van der Waals surface area contributed by atoms with Gasteiger partial charge in [0.15, 0.2) is 11.5 Å². The summed E-state index contributed by atoms with van der Waals surface area (Å²) in [5, 5.41) is 7.11. The molecule has 158 valence electrons. The highest BCUT2D eigenvalue weighted by atomic mass is 35.5. The second kappa shape index (κ2) is 9.00. The van der Waals surface area contributed by atoms with Gasteiger partial charge in [-0.2, -0.15) is 5.10 Å². The Hall–Kier alpha value is -3.02. The van der Waals surface area contributed by atoms with Crippen LogP contribution in [-0.2, 0) is 0 Å². The number of rotatable bonds is 5. The van der Waals surface area contributed by atoms with Crippen LogP contribution in [0.15, 0.2) is 71.8 Å². The van der Waals surface area contributed by atoms with Crippen molar-refractivity contribution in [3.05, 3.63) is 93.5 Å². The van der Waals surface area contributed by atoms with Crippen LogP contribution in [0.5, 0.6) is 11.5 Å². The van der Waals surface area contributed by atoms with E-state index in [4.69, 9.17) is 37.8 Å². The van der Waals surface area contributed by atoms with Crippen LogP contribution in [0.1, 0.15) is 33.9 Å². The van der Waals surface area contributed by atoms with Gasteiger partial charge < -0.3 is 9.47 Å². The minimum absolute atomic E-state index is 0.286. The standard InChI is InChI=1S/C24H20Cl2N2O3/c1-30-22-12-11-15(13-23(22)31-2)20-14-21(16-7-3-5-9-18(16)25)28(27-20)24(29)17-8-4-6-10-19(17)26/h3-13,21H,14H2,1-2H3. The number of hydrogen-bond donors (Lipinski definition) is 0. The van der Waals surface area contributed by atoms with E-state index < -0.39 is 0 Å². The van der Waals surface area contributed by atoms with Gasteiger partial charge in [0.05, 0.1) is 36.6 Å². The first-order valence-electron chi connectivity index (χ1n) is 9.66. The molecule has 1 aliphatic heterocycles. The summed E-state index contributed by atoms with van der Waals surface area (Å²) < 4.78 is 10.8. The molecule has 0 saturated heterocycles. The fourth-order valence-electron chi connectivity index (χ4n) is 3.63. The summed E-state index contributed by atoms with van der Waals surface area (Å²) in [6, 6.07) is 19.6. The van der Waals surface area contributed by atoms with E-state index in [1.807, 2.05) is 42.5 Å². The largest absolute Gasteiger partial charge is 0.493 e. The molecule has 0 bridgehead atoms. The Morgan fingerprint density at radius 2 is 1.61 bits per heavy atom.